The van der Waals surface area contributed by atoms with Crippen molar-refractivity contribution in [3.63, 3.8) is 0 Å². The largest absolute Gasteiger partial charge is 0.370 e. The van der Waals surface area contributed by atoms with Crippen LogP contribution in [0.1, 0.15) is 19.8 Å². The highest BCUT2D eigenvalue weighted by molar-refractivity contribution is 5.81. The van der Waals surface area contributed by atoms with Crippen molar-refractivity contribution in [2.24, 2.45) is 0 Å². The van der Waals surface area contributed by atoms with Gasteiger partial charge < -0.3 is 15.1 Å². The Balaban J connectivity index is 1.96. The van der Waals surface area contributed by atoms with Gasteiger partial charge in [0.2, 0.25) is 5.91 Å². The second-order valence-electron chi connectivity index (χ2n) is 4.87. The number of amides is 1. The van der Waals surface area contributed by atoms with E-state index in [1.165, 1.54) is 0 Å². The molecule has 1 saturated heterocycles. The molecular weight excluding hydrogens is 240 g/mol. The Hall–Kier alpha value is -1.78. The molecule has 0 spiro atoms. The average molecular weight is 262 g/mol. The second kappa shape index (κ2) is 6.41. The molecule has 2 rings (SSSR count). The summed E-state index contributed by atoms with van der Waals surface area (Å²) in [6.07, 6.45) is 4.04. The molecule has 19 heavy (non-hydrogen) atoms. The van der Waals surface area contributed by atoms with Crippen LogP contribution in [0.15, 0.2) is 18.3 Å². The van der Waals surface area contributed by atoms with Gasteiger partial charge in [0.05, 0.1) is 6.54 Å². The van der Waals surface area contributed by atoms with Gasteiger partial charge in [0, 0.05) is 44.6 Å². The maximum atomic E-state index is 12.1. The summed E-state index contributed by atoms with van der Waals surface area (Å²) in [6, 6.07) is 3.90. The van der Waals surface area contributed by atoms with Gasteiger partial charge in [0.25, 0.3) is 0 Å². The molecule has 1 fully saturated rings. The van der Waals surface area contributed by atoms with Crippen LogP contribution in [0, 0.1) is 0 Å². The monoisotopic (exact) mass is 262 g/mol. The quantitative estimate of drug-likeness (QED) is 0.875. The van der Waals surface area contributed by atoms with Crippen molar-refractivity contribution in [1.29, 1.82) is 0 Å². The molecule has 0 aromatic carbocycles. The Morgan fingerprint density at radius 2 is 2.21 bits per heavy atom. The molecule has 1 aliphatic rings. The summed E-state index contributed by atoms with van der Waals surface area (Å²) in [4.78, 5) is 20.3. The molecular formula is C14H22N4O. The molecule has 0 atom stereocenters. The van der Waals surface area contributed by atoms with E-state index >= 15 is 0 Å². The number of carbonyl (C=O) groups is 1. The summed E-state index contributed by atoms with van der Waals surface area (Å²) in [5, 5.41) is 3.18. The third kappa shape index (κ3) is 3.59. The maximum absolute atomic E-state index is 12.1. The molecule has 1 aromatic rings. The number of likely N-dealkylation sites (tertiary alicyclic amines) is 1. The van der Waals surface area contributed by atoms with Gasteiger partial charge in [-0.15, -0.1) is 0 Å². The highest BCUT2D eigenvalue weighted by Crippen LogP contribution is 2.16. The van der Waals surface area contributed by atoms with Crippen LogP contribution in [0.3, 0.4) is 0 Å². The second-order valence-corrected chi connectivity index (χ2v) is 4.87. The highest BCUT2D eigenvalue weighted by atomic mass is 16.2. The van der Waals surface area contributed by atoms with Crippen LogP contribution in [0.2, 0.25) is 0 Å². The van der Waals surface area contributed by atoms with Crippen molar-refractivity contribution in [3.8, 4) is 0 Å². The van der Waals surface area contributed by atoms with Crippen LogP contribution in [0.5, 0.6) is 0 Å². The zero-order chi connectivity index (χ0) is 13.7. The van der Waals surface area contributed by atoms with Crippen LogP contribution in [-0.4, -0.2) is 49.0 Å². The molecule has 1 aromatic heterocycles. The summed E-state index contributed by atoms with van der Waals surface area (Å²) in [5.41, 5.74) is 1.01. The summed E-state index contributed by atoms with van der Waals surface area (Å²) in [5.74, 6) is 1.06. The smallest absolute Gasteiger partial charge is 0.242 e. The first kappa shape index (κ1) is 13.6. The number of hydrogen-bond acceptors (Lipinski definition) is 4. The Morgan fingerprint density at radius 1 is 1.47 bits per heavy atom. The number of nitrogens with one attached hydrogen (secondary N) is 1. The Morgan fingerprint density at radius 3 is 2.89 bits per heavy atom. The van der Waals surface area contributed by atoms with E-state index < -0.39 is 0 Å². The van der Waals surface area contributed by atoms with E-state index in [2.05, 4.69) is 10.3 Å². The van der Waals surface area contributed by atoms with Crippen LogP contribution >= 0.6 is 0 Å². The first-order valence-electron chi connectivity index (χ1n) is 6.89. The Kier molecular flexibility index (Phi) is 4.60. The van der Waals surface area contributed by atoms with E-state index in [-0.39, 0.29) is 5.91 Å². The Bertz CT molecular complexity index is 429. The van der Waals surface area contributed by atoms with Crippen molar-refractivity contribution in [3.05, 3.63) is 18.3 Å². The van der Waals surface area contributed by atoms with E-state index in [9.17, 15) is 4.79 Å². The van der Waals surface area contributed by atoms with Crippen LogP contribution in [-0.2, 0) is 4.79 Å². The maximum Gasteiger partial charge on any atom is 0.242 e. The van der Waals surface area contributed by atoms with E-state index in [0.29, 0.717) is 6.54 Å². The minimum absolute atomic E-state index is 0.210. The molecule has 5 heteroatoms. The number of hydrogen-bond donors (Lipinski definition) is 1. The zero-order valence-electron chi connectivity index (χ0n) is 11.7. The molecule has 0 saturated carbocycles. The number of pyridine rings is 1. The number of aromatic nitrogens is 1. The fourth-order valence-electron chi connectivity index (χ4n) is 2.30. The van der Waals surface area contributed by atoms with Crippen LogP contribution in [0.25, 0.3) is 0 Å². The molecule has 1 amide bonds. The van der Waals surface area contributed by atoms with Crippen molar-refractivity contribution < 1.29 is 4.79 Å². The predicted molar refractivity (Wildman–Crippen MR) is 77.5 cm³/mol. The van der Waals surface area contributed by atoms with E-state index in [1.54, 1.807) is 6.20 Å². The Labute approximate surface area is 114 Å². The van der Waals surface area contributed by atoms with Gasteiger partial charge in [-0.3, -0.25) is 4.79 Å². The van der Waals surface area contributed by atoms with Gasteiger partial charge in [-0.2, -0.15) is 0 Å². The lowest BCUT2D eigenvalue weighted by molar-refractivity contribution is -0.128. The molecule has 104 valence electrons. The molecule has 0 aliphatic carbocycles. The van der Waals surface area contributed by atoms with E-state index in [0.717, 1.165) is 44.0 Å². The molecule has 2 heterocycles. The minimum Gasteiger partial charge on any atom is -0.370 e. The summed E-state index contributed by atoms with van der Waals surface area (Å²) in [7, 11) is 1.94. The lowest BCUT2D eigenvalue weighted by atomic mass is 10.3. The molecule has 0 unspecified atom stereocenters. The van der Waals surface area contributed by atoms with Gasteiger partial charge in [0.1, 0.15) is 5.82 Å². The van der Waals surface area contributed by atoms with Gasteiger partial charge >= 0.3 is 0 Å². The van der Waals surface area contributed by atoms with Crippen molar-refractivity contribution in [2.75, 3.05) is 43.4 Å². The van der Waals surface area contributed by atoms with Gasteiger partial charge in [-0.25, -0.2) is 4.98 Å². The third-order valence-electron chi connectivity index (χ3n) is 3.37. The fraction of sp³-hybridized carbons (Fsp3) is 0.571. The molecule has 0 radical (unpaired) electrons. The van der Waals surface area contributed by atoms with Crippen LogP contribution < -0.4 is 10.2 Å². The van der Waals surface area contributed by atoms with Gasteiger partial charge in [-0.05, 0) is 25.8 Å². The summed E-state index contributed by atoms with van der Waals surface area (Å²) < 4.78 is 0. The number of carbonyl (C=O) groups excluding carboxylic acids is 1. The number of likely N-dealkylation sites (N-methyl/N-ethyl adjacent to an activating group) is 1. The van der Waals surface area contributed by atoms with Crippen molar-refractivity contribution >= 4 is 17.4 Å². The predicted octanol–water partition coefficient (Wildman–Crippen LogP) is 1.57. The number of nitrogens with zero attached hydrogens (tertiary/aromatic N) is 3. The van der Waals surface area contributed by atoms with Gasteiger partial charge in [-0.1, -0.05) is 0 Å². The first-order valence-corrected chi connectivity index (χ1v) is 6.89. The number of rotatable bonds is 5. The lowest BCUT2D eigenvalue weighted by Crippen LogP contribution is -2.37. The standard InChI is InChI=1S/C14H22N4O/c1-3-15-13-10-12(6-7-16-13)17(2)11-14(19)18-8-4-5-9-18/h6-7,10H,3-5,8-9,11H2,1-2H3,(H,15,16). The van der Waals surface area contributed by atoms with Crippen molar-refractivity contribution in [2.45, 2.75) is 19.8 Å². The third-order valence-corrected chi connectivity index (χ3v) is 3.37. The minimum atomic E-state index is 0.210. The zero-order valence-corrected chi connectivity index (χ0v) is 11.7. The SMILES string of the molecule is CCNc1cc(N(C)CC(=O)N2CCCC2)ccn1. The van der Waals surface area contributed by atoms with Crippen molar-refractivity contribution in [1.82, 2.24) is 9.88 Å². The van der Waals surface area contributed by atoms with E-state index in [4.69, 9.17) is 0 Å². The first-order chi connectivity index (χ1) is 9.20. The average Bonchev–Trinajstić information content (AvgIpc) is 2.93. The summed E-state index contributed by atoms with van der Waals surface area (Å²) >= 11 is 0. The lowest BCUT2D eigenvalue weighted by Gasteiger charge is -2.23. The molecule has 1 aliphatic heterocycles. The molecule has 1 N–H and O–H groups in total. The fourth-order valence-corrected chi connectivity index (χ4v) is 2.30. The normalized spacial score (nSPS) is 14.5. The molecule has 0 bridgehead atoms. The summed E-state index contributed by atoms with van der Waals surface area (Å²) in [6.45, 7) is 5.12. The van der Waals surface area contributed by atoms with Gasteiger partial charge in [0.15, 0.2) is 0 Å². The highest BCUT2D eigenvalue weighted by Gasteiger charge is 2.19. The number of anilines is 2. The molecule has 5 nitrogen and oxygen atoms in total. The van der Waals surface area contributed by atoms with E-state index in [1.807, 2.05) is 35.9 Å². The van der Waals surface area contributed by atoms with Crippen LogP contribution in [0.4, 0.5) is 11.5 Å². The topological polar surface area (TPSA) is 48.5 Å².